The first kappa shape index (κ1) is 21.6. The second-order valence-electron chi connectivity index (χ2n) is 8.58. The van der Waals surface area contributed by atoms with E-state index in [-0.39, 0.29) is 10.6 Å². The van der Waals surface area contributed by atoms with Crippen LogP contribution in [0.3, 0.4) is 0 Å². The zero-order valence-corrected chi connectivity index (χ0v) is 18.2. The summed E-state index contributed by atoms with van der Waals surface area (Å²) >= 11 is 0. The summed E-state index contributed by atoms with van der Waals surface area (Å²) in [6.07, 6.45) is 3.57. The molecule has 0 N–H and O–H groups in total. The fourth-order valence-corrected chi connectivity index (χ4v) is 3.77. The number of halogens is 1. The quantitative estimate of drug-likeness (QED) is 0.312. The first-order chi connectivity index (χ1) is 12.5. The molecule has 150 valence electrons. The highest BCUT2D eigenvalue weighted by molar-refractivity contribution is 6.74. The van der Waals surface area contributed by atoms with Crippen molar-refractivity contribution in [3.05, 3.63) is 29.7 Å². The van der Waals surface area contributed by atoms with Gasteiger partial charge in [0, 0.05) is 37.3 Å². The van der Waals surface area contributed by atoms with E-state index in [1.807, 2.05) is 0 Å². The number of rotatable bonds is 6. The molecule has 0 saturated carbocycles. The molecule has 1 aliphatic rings. The molecule has 27 heavy (non-hydrogen) atoms. The van der Waals surface area contributed by atoms with Crippen molar-refractivity contribution in [2.24, 2.45) is 5.92 Å². The van der Waals surface area contributed by atoms with Crippen LogP contribution in [-0.4, -0.2) is 46.1 Å². The number of hydrogen-bond donors (Lipinski definition) is 0. The van der Waals surface area contributed by atoms with Crippen molar-refractivity contribution in [3.63, 3.8) is 0 Å². The van der Waals surface area contributed by atoms with Crippen LogP contribution >= 0.6 is 0 Å². The van der Waals surface area contributed by atoms with E-state index in [1.165, 1.54) is 19.3 Å². The number of aromatic nitrogens is 1. The van der Waals surface area contributed by atoms with Crippen LogP contribution in [0.25, 0.3) is 6.08 Å². The summed E-state index contributed by atoms with van der Waals surface area (Å²) in [6, 6.07) is 3.42. The second kappa shape index (κ2) is 8.52. The lowest BCUT2D eigenvalue weighted by Gasteiger charge is -2.37. The molecule has 1 aromatic heterocycles. The molecule has 2 heterocycles. The van der Waals surface area contributed by atoms with Crippen molar-refractivity contribution in [1.29, 1.82) is 0 Å². The average Bonchev–Trinajstić information content (AvgIpc) is 3.06. The smallest absolute Gasteiger partial charge is 0.330 e. The Kier molecular flexibility index (Phi) is 6.81. The molecule has 1 aromatic rings. The summed E-state index contributed by atoms with van der Waals surface area (Å²) in [4.78, 5) is 17.3. The number of carbonyl (C=O) groups excluding carboxylic acids is 1. The molecular formula is C20H31FN2O3Si. The summed E-state index contributed by atoms with van der Waals surface area (Å²) in [5.74, 6) is -0.0587. The number of nitrogens with zero attached hydrogens (tertiary/aromatic N) is 2. The predicted molar refractivity (Wildman–Crippen MR) is 109 cm³/mol. The van der Waals surface area contributed by atoms with Gasteiger partial charge in [0.15, 0.2) is 8.32 Å². The second-order valence-corrected chi connectivity index (χ2v) is 13.4. The minimum Gasteiger partial charge on any atom is -0.466 e. The molecule has 1 fully saturated rings. The highest BCUT2D eigenvalue weighted by Gasteiger charge is 2.38. The van der Waals surface area contributed by atoms with Crippen LogP contribution < -0.4 is 4.90 Å². The van der Waals surface area contributed by atoms with E-state index in [4.69, 9.17) is 4.43 Å². The van der Waals surface area contributed by atoms with E-state index in [0.29, 0.717) is 11.7 Å². The van der Waals surface area contributed by atoms with Gasteiger partial charge in [0.25, 0.3) is 0 Å². The molecule has 1 saturated heterocycles. The number of hydrogen-bond acceptors (Lipinski definition) is 5. The standard InChI is InChI=1S/C20H31FN2O3Si/c1-20(2,3)27(5,6)26-14-15-11-12-23(13-15)17-9-7-16(19(21)22-17)8-10-18(24)25-4/h7-10,15H,11-14H2,1-6H3. The zero-order chi connectivity index (χ0) is 20.2. The van der Waals surface area contributed by atoms with Gasteiger partial charge in [-0.3, -0.25) is 0 Å². The Labute approximate surface area is 162 Å². The molecule has 0 aromatic carbocycles. The van der Waals surface area contributed by atoms with Gasteiger partial charge in [0.1, 0.15) is 5.82 Å². The van der Waals surface area contributed by atoms with Crippen LogP contribution in [0.5, 0.6) is 0 Å². The Balaban J connectivity index is 1.96. The van der Waals surface area contributed by atoms with Gasteiger partial charge in [-0.15, -0.1) is 0 Å². The summed E-state index contributed by atoms with van der Waals surface area (Å²) in [5.41, 5.74) is 0.265. The molecule has 1 unspecified atom stereocenters. The number of esters is 1. The molecule has 2 rings (SSSR count). The van der Waals surface area contributed by atoms with Crippen molar-refractivity contribution in [3.8, 4) is 0 Å². The summed E-state index contributed by atoms with van der Waals surface area (Å²) in [6.45, 7) is 13.6. The van der Waals surface area contributed by atoms with Crippen molar-refractivity contribution >= 4 is 26.2 Å². The molecule has 0 bridgehead atoms. The van der Waals surface area contributed by atoms with Gasteiger partial charge in [0.05, 0.1) is 7.11 Å². The molecular weight excluding hydrogens is 363 g/mol. The van der Waals surface area contributed by atoms with Gasteiger partial charge < -0.3 is 14.1 Å². The largest absolute Gasteiger partial charge is 0.466 e. The number of carbonyl (C=O) groups is 1. The molecule has 1 aliphatic heterocycles. The van der Waals surface area contributed by atoms with E-state index < -0.39 is 20.2 Å². The third-order valence-corrected chi connectivity index (χ3v) is 10.1. The molecule has 5 nitrogen and oxygen atoms in total. The molecule has 0 amide bonds. The van der Waals surface area contributed by atoms with Crippen LogP contribution in [0, 0.1) is 11.9 Å². The molecule has 0 aliphatic carbocycles. The first-order valence-corrected chi connectivity index (χ1v) is 12.3. The summed E-state index contributed by atoms with van der Waals surface area (Å²) in [5, 5.41) is 0.198. The van der Waals surface area contributed by atoms with E-state index in [0.717, 1.165) is 26.1 Å². The minimum atomic E-state index is -1.75. The Morgan fingerprint density at radius 1 is 1.41 bits per heavy atom. The van der Waals surface area contributed by atoms with Gasteiger partial charge in [-0.25, -0.2) is 9.78 Å². The van der Waals surface area contributed by atoms with Gasteiger partial charge in [-0.1, -0.05) is 20.8 Å². The van der Waals surface area contributed by atoms with E-state index >= 15 is 0 Å². The van der Waals surface area contributed by atoms with Crippen LogP contribution in [-0.2, 0) is 14.0 Å². The molecule has 0 radical (unpaired) electrons. The van der Waals surface area contributed by atoms with Crippen LogP contribution in [0.1, 0.15) is 32.8 Å². The number of ether oxygens (including phenoxy) is 1. The molecule has 7 heteroatoms. The Morgan fingerprint density at radius 2 is 2.11 bits per heavy atom. The minimum absolute atomic E-state index is 0.198. The Hall–Kier alpha value is -1.73. The van der Waals surface area contributed by atoms with Crippen LogP contribution in [0.2, 0.25) is 18.1 Å². The topological polar surface area (TPSA) is 51.7 Å². The van der Waals surface area contributed by atoms with Crippen LogP contribution in [0.4, 0.5) is 10.2 Å². The number of methoxy groups -OCH3 is 1. The SMILES string of the molecule is COC(=O)C=Cc1ccc(N2CCC(CO[Si](C)(C)C(C)(C)C)C2)nc1F. The molecule has 1 atom stereocenters. The van der Waals surface area contributed by atoms with Gasteiger partial charge in [-0.05, 0) is 42.8 Å². The molecule has 0 spiro atoms. The van der Waals surface area contributed by atoms with E-state index in [1.54, 1.807) is 12.1 Å². The third-order valence-electron chi connectivity index (χ3n) is 5.56. The van der Waals surface area contributed by atoms with E-state index in [9.17, 15) is 9.18 Å². The highest BCUT2D eigenvalue weighted by atomic mass is 28.4. The fourth-order valence-electron chi connectivity index (χ4n) is 2.68. The van der Waals surface area contributed by atoms with Crippen molar-refractivity contribution < 1.29 is 18.3 Å². The van der Waals surface area contributed by atoms with Crippen LogP contribution in [0.15, 0.2) is 18.2 Å². The maximum absolute atomic E-state index is 14.2. The summed E-state index contributed by atoms with van der Waals surface area (Å²) in [7, 11) is -0.471. The maximum atomic E-state index is 14.2. The van der Waals surface area contributed by atoms with Crippen molar-refractivity contribution in [2.45, 2.75) is 45.3 Å². The average molecular weight is 395 g/mol. The normalized spacial score (nSPS) is 18.3. The first-order valence-electron chi connectivity index (χ1n) is 9.35. The lowest BCUT2D eigenvalue weighted by molar-refractivity contribution is -0.134. The van der Waals surface area contributed by atoms with Gasteiger partial charge in [-0.2, -0.15) is 4.39 Å². The van der Waals surface area contributed by atoms with E-state index in [2.05, 4.69) is 48.5 Å². The third kappa shape index (κ3) is 5.62. The number of pyridine rings is 1. The van der Waals surface area contributed by atoms with Crippen molar-refractivity contribution in [1.82, 2.24) is 4.98 Å². The van der Waals surface area contributed by atoms with Gasteiger partial charge in [0.2, 0.25) is 5.95 Å². The lowest BCUT2D eigenvalue weighted by Crippen LogP contribution is -2.42. The van der Waals surface area contributed by atoms with Crippen molar-refractivity contribution in [2.75, 3.05) is 31.7 Å². The monoisotopic (exact) mass is 394 g/mol. The fraction of sp³-hybridized carbons (Fsp3) is 0.600. The lowest BCUT2D eigenvalue weighted by atomic mass is 10.1. The maximum Gasteiger partial charge on any atom is 0.330 e. The summed E-state index contributed by atoms with van der Waals surface area (Å²) < 4.78 is 25.1. The Morgan fingerprint density at radius 3 is 2.70 bits per heavy atom. The predicted octanol–water partition coefficient (Wildman–Crippen LogP) is 4.26. The zero-order valence-electron chi connectivity index (χ0n) is 17.2. The Bertz CT molecular complexity index is 701. The highest BCUT2D eigenvalue weighted by Crippen LogP contribution is 2.37. The number of anilines is 1. The van der Waals surface area contributed by atoms with Gasteiger partial charge >= 0.3 is 5.97 Å².